The Morgan fingerprint density at radius 1 is 0.647 bits per heavy atom. The molecular weight excluding hydrogens is 210 g/mol. The first-order valence-electron chi connectivity index (χ1n) is 5.90. The molecule has 88 valence electrons. The summed E-state index contributed by atoms with van der Waals surface area (Å²) in [6.45, 7) is 4.00. The van der Waals surface area contributed by atoms with Gasteiger partial charge in [-0.3, -0.25) is 0 Å². The molecular formula is C14H17N3. The van der Waals surface area contributed by atoms with Crippen LogP contribution in [0.2, 0.25) is 0 Å². The second-order valence-corrected chi connectivity index (χ2v) is 3.45. The third-order valence-corrected chi connectivity index (χ3v) is 2.46. The minimum atomic E-state index is 1.10. The normalized spacial score (nSPS) is 9.76. The Labute approximate surface area is 101 Å². The third kappa shape index (κ3) is 2.33. The van der Waals surface area contributed by atoms with Crippen LogP contribution in [0.1, 0.15) is 13.8 Å². The Hall–Kier alpha value is -2.16. The summed E-state index contributed by atoms with van der Waals surface area (Å²) in [4.78, 5) is 9.70. The first kappa shape index (κ1) is 11.3. The largest absolute Gasteiger partial charge is 0.360 e. The SMILES string of the molecule is CC.c1c[nH]c(-c2ccc(-c3ccc[nH]3)[nH]2)c1. The van der Waals surface area contributed by atoms with Gasteiger partial charge in [0, 0.05) is 12.4 Å². The van der Waals surface area contributed by atoms with E-state index in [0.29, 0.717) is 0 Å². The molecule has 3 N–H and O–H groups in total. The highest BCUT2D eigenvalue weighted by Gasteiger charge is 2.03. The lowest BCUT2D eigenvalue weighted by molar-refractivity contribution is 1.30. The van der Waals surface area contributed by atoms with Crippen LogP contribution in [-0.4, -0.2) is 15.0 Å². The van der Waals surface area contributed by atoms with Gasteiger partial charge in [0.05, 0.1) is 22.8 Å². The maximum Gasteiger partial charge on any atom is 0.0624 e. The first-order valence-corrected chi connectivity index (χ1v) is 5.90. The number of H-pyrrole nitrogens is 3. The second kappa shape index (κ2) is 5.25. The van der Waals surface area contributed by atoms with E-state index >= 15 is 0 Å². The van der Waals surface area contributed by atoms with Crippen LogP contribution in [0.3, 0.4) is 0 Å². The smallest absolute Gasteiger partial charge is 0.0624 e. The van der Waals surface area contributed by atoms with Crippen LogP contribution >= 0.6 is 0 Å². The fourth-order valence-electron chi connectivity index (χ4n) is 1.71. The number of hydrogen-bond acceptors (Lipinski definition) is 0. The molecule has 0 saturated heterocycles. The molecule has 3 aromatic rings. The molecule has 0 aromatic carbocycles. The number of aromatic amines is 3. The average Bonchev–Trinajstić information content (AvgIpc) is 3.13. The Bertz CT molecular complexity index is 481. The maximum absolute atomic E-state index is 3.36. The van der Waals surface area contributed by atoms with E-state index in [4.69, 9.17) is 0 Å². The predicted molar refractivity (Wildman–Crippen MR) is 71.7 cm³/mol. The fraction of sp³-hybridized carbons (Fsp3) is 0.143. The Balaban J connectivity index is 0.000000514. The van der Waals surface area contributed by atoms with Gasteiger partial charge < -0.3 is 15.0 Å². The Morgan fingerprint density at radius 2 is 1.12 bits per heavy atom. The van der Waals surface area contributed by atoms with Crippen LogP contribution in [0.4, 0.5) is 0 Å². The fourth-order valence-corrected chi connectivity index (χ4v) is 1.71. The van der Waals surface area contributed by atoms with E-state index in [1.54, 1.807) is 0 Å². The van der Waals surface area contributed by atoms with E-state index in [1.807, 2.05) is 50.5 Å². The molecule has 17 heavy (non-hydrogen) atoms. The Kier molecular flexibility index (Phi) is 3.50. The van der Waals surface area contributed by atoms with Crippen molar-refractivity contribution in [2.45, 2.75) is 13.8 Å². The number of hydrogen-bond donors (Lipinski definition) is 3. The molecule has 0 bridgehead atoms. The van der Waals surface area contributed by atoms with Gasteiger partial charge in [-0.1, -0.05) is 13.8 Å². The summed E-state index contributed by atoms with van der Waals surface area (Å²) in [5.74, 6) is 0. The molecule has 0 aliphatic rings. The highest BCUT2D eigenvalue weighted by molar-refractivity contribution is 5.64. The van der Waals surface area contributed by atoms with Gasteiger partial charge in [0.25, 0.3) is 0 Å². The Morgan fingerprint density at radius 3 is 1.47 bits per heavy atom. The molecule has 3 heteroatoms. The summed E-state index contributed by atoms with van der Waals surface area (Å²) in [7, 11) is 0. The second-order valence-electron chi connectivity index (χ2n) is 3.45. The number of rotatable bonds is 2. The summed E-state index contributed by atoms with van der Waals surface area (Å²) >= 11 is 0. The lowest BCUT2D eigenvalue weighted by Crippen LogP contribution is -1.78. The molecule has 0 spiro atoms. The highest BCUT2D eigenvalue weighted by Crippen LogP contribution is 2.21. The van der Waals surface area contributed by atoms with Gasteiger partial charge in [0.15, 0.2) is 0 Å². The molecule has 0 radical (unpaired) electrons. The standard InChI is InChI=1S/C12H11N3.C2H6/c1-3-9(13-7-1)11-5-6-12(15-11)10-4-2-8-14-10;1-2/h1-8,13-15H;1-2H3. The van der Waals surface area contributed by atoms with Gasteiger partial charge in [0.1, 0.15) is 0 Å². The van der Waals surface area contributed by atoms with Crippen molar-refractivity contribution in [3.8, 4) is 22.8 Å². The maximum atomic E-state index is 3.36. The van der Waals surface area contributed by atoms with Crippen LogP contribution in [0.5, 0.6) is 0 Å². The van der Waals surface area contributed by atoms with Gasteiger partial charge in [-0.2, -0.15) is 0 Å². The van der Waals surface area contributed by atoms with E-state index in [2.05, 4.69) is 27.1 Å². The first-order chi connectivity index (χ1) is 8.43. The minimum Gasteiger partial charge on any atom is -0.360 e. The monoisotopic (exact) mass is 227 g/mol. The molecule has 3 rings (SSSR count). The van der Waals surface area contributed by atoms with Crippen LogP contribution in [0, 0.1) is 0 Å². The molecule has 0 aliphatic carbocycles. The average molecular weight is 227 g/mol. The van der Waals surface area contributed by atoms with Crippen molar-refractivity contribution in [1.82, 2.24) is 15.0 Å². The van der Waals surface area contributed by atoms with Gasteiger partial charge in [-0.15, -0.1) is 0 Å². The van der Waals surface area contributed by atoms with E-state index in [-0.39, 0.29) is 0 Å². The van der Waals surface area contributed by atoms with Crippen molar-refractivity contribution >= 4 is 0 Å². The molecule has 0 saturated carbocycles. The molecule has 0 amide bonds. The zero-order valence-electron chi connectivity index (χ0n) is 10.1. The third-order valence-electron chi connectivity index (χ3n) is 2.46. The number of nitrogens with one attached hydrogen (secondary N) is 3. The van der Waals surface area contributed by atoms with E-state index in [1.165, 1.54) is 0 Å². The van der Waals surface area contributed by atoms with Crippen molar-refractivity contribution in [1.29, 1.82) is 0 Å². The minimum absolute atomic E-state index is 1.10. The van der Waals surface area contributed by atoms with E-state index in [0.717, 1.165) is 22.8 Å². The highest BCUT2D eigenvalue weighted by atomic mass is 14.8. The zero-order valence-corrected chi connectivity index (χ0v) is 10.1. The van der Waals surface area contributed by atoms with Crippen LogP contribution < -0.4 is 0 Å². The topological polar surface area (TPSA) is 47.4 Å². The molecule has 0 atom stereocenters. The lowest BCUT2D eigenvalue weighted by atomic mass is 10.3. The summed E-state index contributed by atoms with van der Waals surface area (Å²) in [5.41, 5.74) is 4.41. The summed E-state index contributed by atoms with van der Waals surface area (Å²) < 4.78 is 0. The van der Waals surface area contributed by atoms with Crippen LogP contribution in [0.15, 0.2) is 48.8 Å². The van der Waals surface area contributed by atoms with Gasteiger partial charge in [-0.25, -0.2) is 0 Å². The van der Waals surface area contributed by atoms with Crippen molar-refractivity contribution in [2.75, 3.05) is 0 Å². The molecule has 0 unspecified atom stereocenters. The van der Waals surface area contributed by atoms with Gasteiger partial charge in [-0.05, 0) is 36.4 Å². The lowest BCUT2D eigenvalue weighted by Gasteiger charge is -1.94. The molecule has 0 fully saturated rings. The molecule has 3 aromatic heterocycles. The van der Waals surface area contributed by atoms with E-state index < -0.39 is 0 Å². The molecule has 3 heterocycles. The van der Waals surface area contributed by atoms with Crippen molar-refractivity contribution in [3.63, 3.8) is 0 Å². The summed E-state index contributed by atoms with van der Waals surface area (Å²) in [6, 6.07) is 12.2. The molecule has 3 nitrogen and oxygen atoms in total. The summed E-state index contributed by atoms with van der Waals surface area (Å²) in [6.07, 6.45) is 3.84. The van der Waals surface area contributed by atoms with Crippen LogP contribution in [0.25, 0.3) is 22.8 Å². The zero-order chi connectivity index (χ0) is 12.1. The van der Waals surface area contributed by atoms with Crippen LogP contribution in [-0.2, 0) is 0 Å². The van der Waals surface area contributed by atoms with Gasteiger partial charge >= 0.3 is 0 Å². The van der Waals surface area contributed by atoms with Crippen molar-refractivity contribution in [2.24, 2.45) is 0 Å². The van der Waals surface area contributed by atoms with Crippen molar-refractivity contribution < 1.29 is 0 Å². The molecule has 0 aliphatic heterocycles. The summed E-state index contributed by atoms with van der Waals surface area (Å²) in [5, 5.41) is 0. The van der Waals surface area contributed by atoms with E-state index in [9.17, 15) is 0 Å². The van der Waals surface area contributed by atoms with Crippen molar-refractivity contribution in [3.05, 3.63) is 48.8 Å². The predicted octanol–water partition coefficient (Wildman–Crippen LogP) is 4.03. The quantitative estimate of drug-likeness (QED) is 0.592. The van der Waals surface area contributed by atoms with Gasteiger partial charge in [0.2, 0.25) is 0 Å². The number of aromatic nitrogens is 3.